The fraction of sp³-hybridized carbons (Fsp3) is 0.190. The summed E-state index contributed by atoms with van der Waals surface area (Å²) in [5.74, 6) is -0.222. The Kier molecular flexibility index (Phi) is 6.83. The number of aromatic nitrogens is 1. The van der Waals surface area contributed by atoms with Crippen LogP contribution in [0.25, 0.3) is 11.3 Å². The van der Waals surface area contributed by atoms with Crippen molar-refractivity contribution in [1.82, 2.24) is 10.3 Å². The van der Waals surface area contributed by atoms with Gasteiger partial charge in [0, 0.05) is 5.56 Å². The highest BCUT2D eigenvalue weighted by molar-refractivity contribution is 5.69. The molecule has 0 aliphatic heterocycles. The number of alkyl carbamates (subject to hydrolysis) is 1. The van der Waals surface area contributed by atoms with E-state index < -0.39 is 12.1 Å². The lowest BCUT2D eigenvalue weighted by atomic mass is 10.2. The molecule has 0 aliphatic rings. The van der Waals surface area contributed by atoms with E-state index in [1.807, 2.05) is 30.3 Å². The predicted octanol–water partition coefficient (Wildman–Crippen LogP) is 3.27. The Morgan fingerprint density at radius 2 is 1.83 bits per heavy atom. The molecule has 0 bridgehead atoms. The number of hydrogen-bond acceptors (Lipinski definition) is 6. The van der Waals surface area contributed by atoms with Crippen molar-refractivity contribution >= 4 is 12.1 Å². The SMILES string of the molecule is O=C(O)Cc1nc(-c2ccc(OCCNC(=O)OCc3ccccc3)cc2)co1. The maximum Gasteiger partial charge on any atom is 0.407 e. The van der Waals surface area contributed by atoms with Crippen LogP contribution in [0.5, 0.6) is 5.75 Å². The zero-order valence-electron chi connectivity index (χ0n) is 15.5. The van der Waals surface area contributed by atoms with Crippen molar-refractivity contribution in [3.8, 4) is 17.0 Å². The number of carbonyl (C=O) groups excluding carboxylic acids is 1. The van der Waals surface area contributed by atoms with E-state index in [4.69, 9.17) is 19.0 Å². The average molecular weight is 396 g/mol. The van der Waals surface area contributed by atoms with E-state index in [-0.39, 0.29) is 25.5 Å². The van der Waals surface area contributed by atoms with Crippen LogP contribution in [-0.2, 0) is 22.6 Å². The molecule has 0 saturated heterocycles. The minimum Gasteiger partial charge on any atom is -0.492 e. The van der Waals surface area contributed by atoms with Gasteiger partial charge in [0.1, 0.15) is 37.3 Å². The topological polar surface area (TPSA) is 111 Å². The molecule has 2 aromatic carbocycles. The standard InChI is InChI=1S/C21H20N2O6/c24-20(25)12-19-23-18(14-28-19)16-6-8-17(9-7-16)27-11-10-22-21(26)29-13-15-4-2-1-3-5-15/h1-9,14H,10-13H2,(H,22,26)(H,24,25). The highest BCUT2D eigenvalue weighted by Gasteiger charge is 2.10. The van der Waals surface area contributed by atoms with Gasteiger partial charge in [-0.3, -0.25) is 4.79 Å². The van der Waals surface area contributed by atoms with Crippen LogP contribution in [0.1, 0.15) is 11.5 Å². The summed E-state index contributed by atoms with van der Waals surface area (Å²) in [5, 5.41) is 11.4. The quantitative estimate of drug-likeness (QED) is 0.534. The van der Waals surface area contributed by atoms with E-state index in [0.29, 0.717) is 18.0 Å². The smallest absolute Gasteiger partial charge is 0.407 e. The first-order valence-electron chi connectivity index (χ1n) is 8.94. The molecule has 0 unspecified atom stereocenters. The number of amides is 1. The Hall–Kier alpha value is -3.81. The number of ether oxygens (including phenoxy) is 2. The number of carbonyl (C=O) groups is 2. The monoisotopic (exact) mass is 396 g/mol. The zero-order valence-corrected chi connectivity index (χ0v) is 15.5. The predicted molar refractivity (Wildman–Crippen MR) is 103 cm³/mol. The molecule has 1 heterocycles. The van der Waals surface area contributed by atoms with E-state index in [2.05, 4.69) is 10.3 Å². The van der Waals surface area contributed by atoms with Crippen molar-refractivity contribution in [2.75, 3.05) is 13.2 Å². The molecular formula is C21H20N2O6. The lowest BCUT2D eigenvalue weighted by molar-refractivity contribution is -0.136. The van der Waals surface area contributed by atoms with E-state index in [1.54, 1.807) is 24.3 Å². The van der Waals surface area contributed by atoms with Crippen molar-refractivity contribution in [3.63, 3.8) is 0 Å². The molecule has 3 aromatic rings. The first-order valence-corrected chi connectivity index (χ1v) is 8.94. The molecular weight excluding hydrogens is 376 g/mol. The van der Waals surface area contributed by atoms with Gasteiger partial charge in [0.15, 0.2) is 0 Å². The Morgan fingerprint density at radius 1 is 1.07 bits per heavy atom. The van der Waals surface area contributed by atoms with E-state index in [9.17, 15) is 9.59 Å². The maximum absolute atomic E-state index is 11.7. The number of aliphatic carboxylic acids is 1. The minimum absolute atomic E-state index is 0.151. The minimum atomic E-state index is -1.00. The summed E-state index contributed by atoms with van der Waals surface area (Å²) >= 11 is 0. The van der Waals surface area contributed by atoms with Gasteiger partial charge in [0.25, 0.3) is 0 Å². The summed E-state index contributed by atoms with van der Waals surface area (Å²) < 4.78 is 15.8. The van der Waals surface area contributed by atoms with Crippen molar-refractivity contribution < 1.29 is 28.6 Å². The van der Waals surface area contributed by atoms with Gasteiger partial charge in [-0.15, -0.1) is 0 Å². The number of hydrogen-bond donors (Lipinski definition) is 2. The lowest BCUT2D eigenvalue weighted by Crippen LogP contribution is -2.28. The molecule has 1 aromatic heterocycles. The second-order valence-corrected chi connectivity index (χ2v) is 6.06. The van der Waals surface area contributed by atoms with Crippen LogP contribution in [0, 0.1) is 0 Å². The Labute approximate surface area is 167 Å². The van der Waals surface area contributed by atoms with Crippen molar-refractivity contribution in [2.24, 2.45) is 0 Å². The average Bonchev–Trinajstić information content (AvgIpc) is 3.18. The van der Waals surface area contributed by atoms with Crippen LogP contribution in [0.2, 0.25) is 0 Å². The van der Waals surface area contributed by atoms with Crippen molar-refractivity contribution in [3.05, 3.63) is 72.3 Å². The highest BCUT2D eigenvalue weighted by Crippen LogP contribution is 2.22. The molecule has 1 amide bonds. The molecule has 0 radical (unpaired) electrons. The maximum atomic E-state index is 11.7. The summed E-state index contributed by atoms with van der Waals surface area (Å²) in [6, 6.07) is 16.5. The van der Waals surface area contributed by atoms with Crippen LogP contribution in [-0.4, -0.2) is 35.3 Å². The van der Waals surface area contributed by atoms with Gasteiger partial charge in [0.2, 0.25) is 5.89 Å². The summed E-state index contributed by atoms with van der Waals surface area (Å²) in [4.78, 5) is 26.5. The first kappa shape index (κ1) is 19.9. The Balaban J connectivity index is 1.38. The number of nitrogens with zero attached hydrogens (tertiary/aromatic N) is 1. The largest absolute Gasteiger partial charge is 0.492 e. The number of oxazole rings is 1. The number of rotatable bonds is 9. The second kappa shape index (κ2) is 9.93. The molecule has 150 valence electrons. The van der Waals surface area contributed by atoms with Gasteiger partial charge in [-0.25, -0.2) is 9.78 Å². The fourth-order valence-corrected chi connectivity index (χ4v) is 2.47. The summed E-state index contributed by atoms with van der Waals surface area (Å²) in [6.45, 7) is 0.801. The molecule has 8 heteroatoms. The number of nitrogens with one attached hydrogen (secondary N) is 1. The normalized spacial score (nSPS) is 10.3. The van der Waals surface area contributed by atoms with Crippen molar-refractivity contribution in [1.29, 1.82) is 0 Å². The third kappa shape index (κ3) is 6.39. The number of benzene rings is 2. The number of carboxylic acid groups (broad SMARTS) is 1. The molecule has 0 fully saturated rings. The van der Waals surface area contributed by atoms with E-state index >= 15 is 0 Å². The molecule has 0 aliphatic carbocycles. The molecule has 29 heavy (non-hydrogen) atoms. The van der Waals surface area contributed by atoms with Gasteiger partial charge >= 0.3 is 12.1 Å². The van der Waals surface area contributed by atoms with E-state index in [0.717, 1.165) is 11.1 Å². The lowest BCUT2D eigenvalue weighted by Gasteiger charge is -2.09. The van der Waals surface area contributed by atoms with Gasteiger partial charge in [0.05, 0.1) is 6.54 Å². The van der Waals surface area contributed by atoms with Crippen LogP contribution < -0.4 is 10.1 Å². The highest BCUT2D eigenvalue weighted by atomic mass is 16.5. The summed E-state index contributed by atoms with van der Waals surface area (Å²) in [6.07, 6.45) is 0.650. The van der Waals surface area contributed by atoms with Crippen LogP contribution in [0.15, 0.2) is 65.3 Å². The molecule has 0 atom stereocenters. The summed E-state index contributed by atoms with van der Waals surface area (Å²) in [7, 11) is 0. The molecule has 2 N–H and O–H groups in total. The third-order valence-corrected chi connectivity index (χ3v) is 3.86. The fourth-order valence-electron chi connectivity index (χ4n) is 2.47. The zero-order chi connectivity index (χ0) is 20.5. The van der Waals surface area contributed by atoms with Gasteiger partial charge in [-0.2, -0.15) is 0 Å². The Bertz CT molecular complexity index is 937. The molecule has 0 spiro atoms. The Morgan fingerprint density at radius 3 is 2.55 bits per heavy atom. The van der Waals surface area contributed by atoms with Gasteiger partial charge in [-0.05, 0) is 29.8 Å². The number of carboxylic acids is 1. The third-order valence-electron chi connectivity index (χ3n) is 3.86. The van der Waals surface area contributed by atoms with Crippen LogP contribution >= 0.6 is 0 Å². The van der Waals surface area contributed by atoms with Gasteiger partial charge < -0.3 is 24.3 Å². The summed E-state index contributed by atoms with van der Waals surface area (Å²) in [5.41, 5.74) is 2.25. The molecule has 3 rings (SSSR count). The first-order chi connectivity index (χ1) is 14.1. The van der Waals surface area contributed by atoms with Gasteiger partial charge in [-0.1, -0.05) is 30.3 Å². The molecule has 0 saturated carbocycles. The van der Waals surface area contributed by atoms with Crippen LogP contribution in [0.4, 0.5) is 4.79 Å². The van der Waals surface area contributed by atoms with E-state index in [1.165, 1.54) is 6.26 Å². The molecule has 8 nitrogen and oxygen atoms in total. The van der Waals surface area contributed by atoms with Crippen LogP contribution in [0.3, 0.4) is 0 Å². The second-order valence-electron chi connectivity index (χ2n) is 6.06. The van der Waals surface area contributed by atoms with Crippen molar-refractivity contribution in [2.45, 2.75) is 13.0 Å².